The van der Waals surface area contributed by atoms with E-state index in [1.807, 2.05) is 11.4 Å². The highest BCUT2D eigenvalue weighted by molar-refractivity contribution is 9.11. The van der Waals surface area contributed by atoms with Gasteiger partial charge in [0.2, 0.25) is 10.0 Å². The maximum absolute atomic E-state index is 13.3. The normalized spacial score (nSPS) is 12.0. The van der Waals surface area contributed by atoms with Crippen molar-refractivity contribution >= 4 is 37.3 Å². The molecule has 0 bridgehead atoms. The maximum atomic E-state index is 13.3. The van der Waals surface area contributed by atoms with Crippen LogP contribution >= 0.6 is 27.3 Å². The predicted octanol–water partition coefficient (Wildman–Crippen LogP) is 2.96. The molecule has 0 spiro atoms. The molecule has 0 aliphatic rings. The van der Waals surface area contributed by atoms with Crippen molar-refractivity contribution in [2.45, 2.75) is 18.0 Å². The lowest BCUT2D eigenvalue weighted by atomic mass is 10.2. The molecule has 0 atom stereocenters. The van der Waals surface area contributed by atoms with Crippen molar-refractivity contribution in [3.05, 3.63) is 50.4 Å². The molecule has 1 aromatic carbocycles. The molecule has 1 heterocycles. The number of hydrogen-bond acceptors (Lipinski definition) is 4. The number of rotatable bonds is 5. The first kappa shape index (κ1) is 16.6. The minimum absolute atomic E-state index is 0.0373. The van der Waals surface area contributed by atoms with Gasteiger partial charge in [-0.15, -0.1) is 11.3 Å². The van der Waals surface area contributed by atoms with E-state index >= 15 is 0 Å². The van der Waals surface area contributed by atoms with Crippen LogP contribution in [0.2, 0.25) is 0 Å². The van der Waals surface area contributed by atoms with Gasteiger partial charge in [-0.3, -0.25) is 0 Å². The fourth-order valence-corrected chi connectivity index (χ4v) is 4.19. The molecule has 0 aliphatic carbocycles. The largest absolute Gasteiger partial charge is 0.392 e. The summed E-state index contributed by atoms with van der Waals surface area (Å²) in [5.41, 5.74) is 0.824. The van der Waals surface area contributed by atoms with Crippen LogP contribution in [0, 0.1) is 5.82 Å². The maximum Gasteiger partial charge on any atom is 0.243 e. The third kappa shape index (κ3) is 3.70. The molecule has 8 heteroatoms. The van der Waals surface area contributed by atoms with E-state index in [0.717, 1.165) is 21.5 Å². The molecule has 2 aromatic rings. The van der Waals surface area contributed by atoms with Crippen LogP contribution < -0.4 is 0 Å². The molecule has 0 aliphatic heterocycles. The van der Waals surface area contributed by atoms with Gasteiger partial charge in [0.05, 0.1) is 15.3 Å². The van der Waals surface area contributed by atoms with E-state index in [9.17, 15) is 12.8 Å². The SMILES string of the molecule is CN(Cc1csc(Br)c1)S(=O)(=O)c1ccc(F)c(CO)c1. The third-order valence-corrected chi connectivity index (χ3v) is 6.28. The second kappa shape index (κ2) is 6.53. The lowest BCUT2D eigenvalue weighted by Crippen LogP contribution is -2.26. The highest BCUT2D eigenvalue weighted by atomic mass is 79.9. The number of hydrogen-bond donors (Lipinski definition) is 1. The number of nitrogens with zero attached hydrogens (tertiary/aromatic N) is 1. The molecule has 0 saturated heterocycles. The molecular formula is C13H13BrFNO3S2. The molecule has 0 fully saturated rings. The van der Waals surface area contributed by atoms with Gasteiger partial charge < -0.3 is 5.11 Å². The number of aliphatic hydroxyl groups excluding tert-OH is 1. The fraction of sp³-hybridized carbons (Fsp3) is 0.231. The first-order valence-corrected chi connectivity index (χ1v) is 9.04. The van der Waals surface area contributed by atoms with E-state index in [1.165, 1.54) is 28.8 Å². The van der Waals surface area contributed by atoms with Gasteiger partial charge in [-0.2, -0.15) is 4.31 Å². The molecule has 1 N–H and O–H groups in total. The average molecular weight is 394 g/mol. The van der Waals surface area contributed by atoms with Crippen molar-refractivity contribution in [3.63, 3.8) is 0 Å². The lowest BCUT2D eigenvalue weighted by molar-refractivity contribution is 0.275. The standard InChI is InChI=1S/C13H13BrFNO3S2/c1-16(6-9-4-13(14)20-8-9)21(18,19)11-2-3-12(15)10(5-11)7-17/h2-5,8,17H,6-7H2,1H3. The van der Waals surface area contributed by atoms with Gasteiger partial charge in [-0.05, 0) is 51.1 Å². The van der Waals surface area contributed by atoms with Crippen LogP contribution in [0.25, 0.3) is 0 Å². The van der Waals surface area contributed by atoms with E-state index in [1.54, 1.807) is 0 Å². The van der Waals surface area contributed by atoms with Gasteiger partial charge in [-0.25, -0.2) is 12.8 Å². The Morgan fingerprint density at radius 2 is 2.10 bits per heavy atom. The summed E-state index contributed by atoms with van der Waals surface area (Å²) in [5.74, 6) is -0.624. The summed E-state index contributed by atoms with van der Waals surface area (Å²) in [6.07, 6.45) is 0. The van der Waals surface area contributed by atoms with Crippen molar-refractivity contribution in [1.29, 1.82) is 0 Å². The van der Waals surface area contributed by atoms with Crippen LogP contribution in [0.15, 0.2) is 38.3 Å². The molecule has 1 aromatic heterocycles. The van der Waals surface area contributed by atoms with Crippen molar-refractivity contribution in [1.82, 2.24) is 4.31 Å². The summed E-state index contributed by atoms with van der Waals surface area (Å²) in [5, 5.41) is 10.9. The second-order valence-corrected chi connectivity index (χ2v) is 8.77. The molecule has 0 radical (unpaired) electrons. The molecule has 0 unspecified atom stereocenters. The quantitative estimate of drug-likeness (QED) is 0.849. The number of thiophene rings is 1. The minimum Gasteiger partial charge on any atom is -0.392 e. The molecule has 114 valence electrons. The van der Waals surface area contributed by atoms with Gasteiger partial charge in [0.15, 0.2) is 0 Å². The Morgan fingerprint density at radius 1 is 1.38 bits per heavy atom. The van der Waals surface area contributed by atoms with E-state index < -0.39 is 22.4 Å². The summed E-state index contributed by atoms with van der Waals surface area (Å²) < 4.78 is 40.3. The Balaban J connectivity index is 2.28. The summed E-state index contributed by atoms with van der Waals surface area (Å²) in [4.78, 5) is -0.0373. The highest BCUT2D eigenvalue weighted by Gasteiger charge is 2.22. The van der Waals surface area contributed by atoms with Crippen LogP contribution in [-0.2, 0) is 23.2 Å². The molecule has 0 saturated carbocycles. The van der Waals surface area contributed by atoms with Gasteiger partial charge in [0.25, 0.3) is 0 Å². The van der Waals surface area contributed by atoms with Crippen LogP contribution in [0.5, 0.6) is 0 Å². The Hall–Kier alpha value is -0.800. The van der Waals surface area contributed by atoms with Crippen molar-refractivity contribution in [2.75, 3.05) is 7.05 Å². The summed E-state index contributed by atoms with van der Waals surface area (Å²) >= 11 is 4.80. The second-order valence-electron chi connectivity index (χ2n) is 4.43. The molecule has 4 nitrogen and oxygen atoms in total. The van der Waals surface area contributed by atoms with E-state index in [-0.39, 0.29) is 17.0 Å². The van der Waals surface area contributed by atoms with Crippen LogP contribution in [0.4, 0.5) is 4.39 Å². The number of benzene rings is 1. The van der Waals surface area contributed by atoms with Crippen LogP contribution in [0.3, 0.4) is 0 Å². The minimum atomic E-state index is -3.73. The molecule has 0 amide bonds. The van der Waals surface area contributed by atoms with Gasteiger partial charge in [-0.1, -0.05) is 0 Å². The van der Waals surface area contributed by atoms with Crippen LogP contribution in [0.1, 0.15) is 11.1 Å². The van der Waals surface area contributed by atoms with Crippen molar-refractivity contribution in [3.8, 4) is 0 Å². The molecule has 21 heavy (non-hydrogen) atoms. The van der Waals surface area contributed by atoms with Gasteiger partial charge >= 0.3 is 0 Å². The lowest BCUT2D eigenvalue weighted by Gasteiger charge is -2.17. The monoisotopic (exact) mass is 393 g/mol. The number of sulfonamides is 1. The summed E-state index contributed by atoms with van der Waals surface area (Å²) in [6, 6.07) is 5.25. The fourth-order valence-electron chi connectivity index (χ4n) is 1.78. The first-order valence-electron chi connectivity index (χ1n) is 5.93. The zero-order chi connectivity index (χ0) is 15.6. The molecule has 2 rings (SSSR count). The first-order chi connectivity index (χ1) is 9.84. The van der Waals surface area contributed by atoms with E-state index in [4.69, 9.17) is 5.11 Å². The zero-order valence-electron chi connectivity index (χ0n) is 11.1. The van der Waals surface area contributed by atoms with Crippen molar-refractivity contribution in [2.24, 2.45) is 0 Å². The van der Waals surface area contributed by atoms with E-state index in [0.29, 0.717) is 0 Å². The van der Waals surface area contributed by atoms with Gasteiger partial charge in [0.1, 0.15) is 5.82 Å². The summed E-state index contributed by atoms with van der Waals surface area (Å²) in [6.45, 7) is -0.327. The Bertz CT molecular complexity index is 746. The predicted molar refractivity (Wildman–Crippen MR) is 83.0 cm³/mol. The Labute approximate surface area is 135 Å². The van der Waals surface area contributed by atoms with Crippen LogP contribution in [-0.4, -0.2) is 24.9 Å². The third-order valence-electron chi connectivity index (χ3n) is 2.92. The number of aliphatic hydroxyl groups is 1. The topological polar surface area (TPSA) is 57.6 Å². The van der Waals surface area contributed by atoms with Gasteiger partial charge in [0, 0.05) is 19.2 Å². The highest BCUT2D eigenvalue weighted by Crippen LogP contribution is 2.24. The molecular weight excluding hydrogens is 381 g/mol. The Morgan fingerprint density at radius 3 is 2.67 bits per heavy atom. The zero-order valence-corrected chi connectivity index (χ0v) is 14.3. The smallest absolute Gasteiger partial charge is 0.243 e. The van der Waals surface area contributed by atoms with Crippen molar-refractivity contribution < 1.29 is 17.9 Å². The average Bonchev–Trinajstić information content (AvgIpc) is 2.84. The number of halogens is 2. The Kier molecular flexibility index (Phi) is 5.15. The van der Waals surface area contributed by atoms with E-state index in [2.05, 4.69) is 15.9 Å². The summed E-state index contributed by atoms with van der Waals surface area (Å²) in [7, 11) is -2.27.